The van der Waals surface area contributed by atoms with Gasteiger partial charge in [0.05, 0.1) is 25.6 Å². The molecule has 0 amide bonds. The maximum atomic E-state index is 10.1. The second kappa shape index (κ2) is 8.83. The molecular weight excluding hydrogens is 426 g/mol. The van der Waals surface area contributed by atoms with Crippen molar-refractivity contribution >= 4 is 33.5 Å². The Morgan fingerprint density at radius 1 is 1.30 bits per heavy atom. The Balaban J connectivity index is 2.14. The number of hydrogen-bond acceptors (Lipinski definition) is 5. The first-order valence-corrected chi connectivity index (χ1v) is 9.79. The molecule has 0 aliphatic carbocycles. The van der Waals surface area contributed by atoms with Crippen molar-refractivity contribution in [2.24, 2.45) is 10.1 Å². The van der Waals surface area contributed by atoms with Gasteiger partial charge in [0.15, 0.2) is 0 Å². The van der Waals surface area contributed by atoms with E-state index in [9.17, 15) is 5.11 Å². The number of methoxy groups -OCH3 is 1. The second-order valence-electron chi connectivity index (χ2n) is 5.49. The van der Waals surface area contributed by atoms with E-state index in [4.69, 9.17) is 4.74 Å². The molecule has 3 aromatic rings. The maximum Gasteiger partial charge on any atom is 0.206 e. The molecule has 27 heavy (non-hydrogen) atoms. The second-order valence-corrected chi connectivity index (χ2v) is 7.24. The lowest BCUT2D eigenvalue weighted by Gasteiger charge is -2.08. The minimum atomic E-state index is 0.154. The molecule has 5 nitrogen and oxygen atoms in total. The minimum absolute atomic E-state index is 0.154. The number of thiazole rings is 1. The van der Waals surface area contributed by atoms with Crippen molar-refractivity contribution < 1.29 is 9.84 Å². The lowest BCUT2D eigenvalue weighted by atomic mass is 10.1. The average Bonchev–Trinajstić information content (AvgIpc) is 3.09. The fourth-order valence-electron chi connectivity index (χ4n) is 2.45. The highest BCUT2D eigenvalue weighted by molar-refractivity contribution is 9.10. The molecule has 1 aromatic heterocycles. The largest absolute Gasteiger partial charge is 0.507 e. The van der Waals surface area contributed by atoms with Gasteiger partial charge in [0.25, 0.3) is 0 Å². The number of ether oxygens (including phenoxy) is 1. The minimum Gasteiger partial charge on any atom is -0.507 e. The molecule has 0 fully saturated rings. The molecule has 0 aliphatic heterocycles. The van der Waals surface area contributed by atoms with E-state index in [0.717, 1.165) is 26.3 Å². The highest BCUT2D eigenvalue weighted by atomic mass is 79.9. The number of phenols is 1. The van der Waals surface area contributed by atoms with E-state index in [-0.39, 0.29) is 5.75 Å². The van der Waals surface area contributed by atoms with Crippen molar-refractivity contribution in [3.05, 3.63) is 75.3 Å². The van der Waals surface area contributed by atoms with Crippen LogP contribution in [-0.4, -0.2) is 29.7 Å². The lowest BCUT2D eigenvalue weighted by molar-refractivity contribution is 0.416. The molecule has 7 heteroatoms. The van der Waals surface area contributed by atoms with Gasteiger partial charge in [0, 0.05) is 21.0 Å². The van der Waals surface area contributed by atoms with Gasteiger partial charge in [0.1, 0.15) is 11.5 Å². The summed E-state index contributed by atoms with van der Waals surface area (Å²) in [6, 6.07) is 12.9. The molecule has 0 aliphatic rings. The first kappa shape index (κ1) is 19.1. The van der Waals surface area contributed by atoms with Crippen molar-refractivity contribution in [3.8, 4) is 22.8 Å². The smallest absolute Gasteiger partial charge is 0.206 e. The summed E-state index contributed by atoms with van der Waals surface area (Å²) in [5, 5.41) is 16.6. The number of nitrogens with zero attached hydrogens (tertiary/aromatic N) is 3. The maximum absolute atomic E-state index is 10.1. The fraction of sp³-hybridized carbons (Fsp3) is 0.100. The molecule has 0 unspecified atom stereocenters. The normalized spacial score (nSPS) is 11.9. The van der Waals surface area contributed by atoms with Crippen molar-refractivity contribution in [2.45, 2.75) is 0 Å². The molecule has 0 atom stereocenters. The summed E-state index contributed by atoms with van der Waals surface area (Å²) < 4.78 is 8.09. The summed E-state index contributed by atoms with van der Waals surface area (Å²) in [6.45, 7) is 4.21. The van der Waals surface area contributed by atoms with E-state index in [2.05, 4.69) is 32.6 Å². The van der Waals surface area contributed by atoms with Crippen molar-refractivity contribution in [3.63, 3.8) is 0 Å². The van der Waals surface area contributed by atoms with Gasteiger partial charge < -0.3 is 9.84 Å². The number of phenolic OH excluding ortho intramolecular Hbond substituents is 1. The number of halogens is 1. The third-order valence-electron chi connectivity index (χ3n) is 3.73. The fourth-order valence-corrected chi connectivity index (χ4v) is 3.67. The third kappa shape index (κ3) is 4.37. The van der Waals surface area contributed by atoms with Crippen molar-refractivity contribution in [1.82, 2.24) is 4.68 Å². The van der Waals surface area contributed by atoms with Crippen LogP contribution in [0.4, 0.5) is 0 Å². The van der Waals surface area contributed by atoms with E-state index in [1.807, 2.05) is 29.6 Å². The first-order chi connectivity index (χ1) is 13.1. The molecule has 0 saturated carbocycles. The van der Waals surface area contributed by atoms with Gasteiger partial charge >= 0.3 is 0 Å². The SMILES string of the molecule is C=CCN=c1scc(-c2ccccc2OC)n1N=Cc1cc(Br)ccc1O. The molecule has 3 rings (SSSR count). The average molecular weight is 444 g/mol. The zero-order chi connectivity index (χ0) is 19.2. The van der Waals surface area contributed by atoms with Gasteiger partial charge in [0.2, 0.25) is 4.80 Å². The number of aromatic nitrogens is 1. The van der Waals surface area contributed by atoms with Crippen LogP contribution < -0.4 is 9.54 Å². The summed E-state index contributed by atoms with van der Waals surface area (Å²) in [4.78, 5) is 5.24. The van der Waals surface area contributed by atoms with Gasteiger partial charge in [-0.1, -0.05) is 34.1 Å². The Labute approximate surface area is 169 Å². The lowest BCUT2D eigenvalue weighted by Crippen LogP contribution is -2.12. The first-order valence-electron chi connectivity index (χ1n) is 8.12. The van der Waals surface area contributed by atoms with Crippen LogP contribution in [-0.2, 0) is 0 Å². The van der Waals surface area contributed by atoms with Gasteiger partial charge in [-0.25, -0.2) is 4.68 Å². The zero-order valence-electron chi connectivity index (χ0n) is 14.7. The number of hydrogen-bond donors (Lipinski definition) is 1. The van der Waals surface area contributed by atoms with Gasteiger partial charge in [-0.05, 0) is 30.3 Å². The molecular formula is C20H18BrN3O2S. The highest BCUT2D eigenvalue weighted by Crippen LogP contribution is 2.30. The van der Waals surface area contributed by atoms with Gasteiger partial charge in [-0.3, -0.25) is 4.99 Å². The van der Waals surface area contributed by atoms with E-state index in [1.165, 1.54) is 11.3 Å². The molecule has 0 saturated heterocycles. The topological polar surface area (TPSA) is 59.1 Å². The molecule has 138 valence electrons. The van der Waals surface area contributed by atoms with E-state index < -0.39 is 0 Å². The highest BCUT2D eigenvalue weighted by Gasteiger charge is 2.12. The Morgan fingerprint density at radius 2 is 2.11 bits per heavy atom. The summed E-state index contributed by atoms with van der Waals surface area (Å²) in [6.07, 6.45) is 3.34. The summed E-state index contributed by atoms with van der Waals surface area (Å²) in [5.41, 5.74) is 2.36. The van der Waals surface area contributed by atoms with Crippen LogP contribution >= 0.6 is 27.3 Å². The number of aromatic hydroxyl groups is 1. The van der Waals surface area contributed by atoms with E-state index in [0.29, 0.717) is 12.1 Å². The Kier molecular flexibility index (Phi) is 6.26. The number of para-hydroxylation sites is 1. The number of benzene rings is 2. The predicted molar refractivity (Wildman–Crippen MR) is 114 cm³/mol. The Hall–Kier alpha value is -2.64. The standard InChI is InChI=1S/C20H18BrN3O2S/c1-3-10-22-20-24(23-12-14-11-15(21)8-9-18(14)25)17(13-27-20)16-6-4-5-7-19(16)26-2/h3-9,11-13,25H,1,10H2,2H3. The summed E-state index contributed by atoms with van der Waals surface area (Å²) in [5.74, 6) is 0.904. The molecule has 2 aromatic carbocycles. The van der Waals surface area contributed by atoms with Gasteiger partial charge in [-0.2, -0.15) is 5.10 Å². The van der Waals surface area contributed by atoms with E-state index >= 15 is 0 Å². The Bertz CT molecular complexity index is 1050. The quantitative estimate of drug-likeness (QED) is 0.444. The van der Waals surface area contributed by atoms with Crippen molar-refractivity contribution in [2.75, 3.05) is 13.7 Å². The molecule has 1 N–H and O–H groups in total. The Morgan fingerprint density at radius 3 is 2.89 bits per heavy atom. The summed E-state index contributed by atoms with van der Waals surface area (Å²) in [7, 11) is 1.64. The monoisotopic (exact) mass is 443 g/mol. The molecule has 0 radical (unpaired) electrons. The molecule has 0 bridgehead atoms. The molecule has 1 heterocycles. The van der Waals surface area contributed by atoms with Crippen molar-refractivity contribution in [1.29, 1.82) is 0 Å². The van der Waals surface area contributed by atoms with Crippen LogP contribution in [0.3, 0.4) is 0 Å². The third-order valence-corrected chi connectivity index (χ3v) is 5.07. The molecule has 0 spiro atoms. The van der Waals surface area contributed by atoms with Crippen LogP contribution in [0.15, 0.2) is 75.1 Å². The van der Waals surface area contributed by atoms with Crippen LogP contribution in [0.5, 0.6) is 11.5 Å². The van der Waals surface area contributed by atoms with Gasteiger partial charge in [-0.15, -0.1) is 17.9 Å². The van der Waals surface area contributed by atoms with Crippen LogP contribution in [0, 0.1) is 0 Å². The van der Waals surface area contributed by atoms with Crippen LogP contribution in [0.2, 0.25) is 0 Å². The van der Waals surface area contributed by atoms with Crippen LogP contribution in [0.25, 0.3) is 11.3 Å². The number of rotatable bonds is 6. The summed E-state index contributed by atoms with van der Waals surface area (Å²) >= 11 is 4.89. The van der Waals surface area contributed by atoms with E-state index in [1.54, 1.807) is 42.3 Å². The van der Waals surface area contributed by atoms with Crippen LogP contribution in [0.1, 0.15) is 5.56 Å². The zero-order valence-corrected chi connectivity index (χ0v) is 17.1. The predicted octanol–water partition coefficient (Wildman–Crippen LogP) is 4.66.